The van der Waals surface area contributed by atoms with Crippen LogP contribution in [-0.2, 0) is 4.79 Å². The molecule has 5 rings (SSSR count). The molecule has 2 heteroatoms. The molecule has 1 aliphatic heterocycles. The Bertz CT molecular complexity index is 1310. The second kappa shape index (κ2) is 9.56. The number of benzene rings is 4. The first-order valence-electron chi connectivity index (χ1n) is 12.5. The summed E-state index contributed by atoms with van der Waals surface area (Å²) in [5, 5.41) is 1.33. The molecule has 0 N–H and O–H groups in total. The molecule has 1 saturated heterocycles. The average Bonchev–Trinajstić information content (AvgIpc) is 2.84. The summed E-state index contributed by atoms with van der Waals surface area (Å²) in [6, 6.07) is 35.0. The summed E-state index contributed by atoms with van der Waals surface area (Å²) in [5.74, 6) is 0.383. The first-order chi connectivity index (χ1) is 16.9. The maximum absolute atomic E-state index is 13.1. The van der Waals surface area contributed by atoms with Crippen LogP contribution in [0.1, 0.15) is 49.0 Å². The van der Waals surface area contributed by atoms with E-state index in [2.05, 4.69) is 125 Å². The fraction of sp³-hybridized carbons (Fsp3) is 0.242. The summed E-state index contributed by atoms with van der Waals surface area (Å²) < 4.78 is 0. The molecule has 1 heterocycles. The van der Waals surface area contributed by atoms with Crippen LogP contribution in [0.2, 0.25) is 0 Å². The predicted octanol–water partition coefficient (Wildman–Crippen LogP) is 8.63. The van der Waals surface area contributed by atoms with Crippen LogP contribution < -0.4 is 5.30 Å². The highest BCUT2D eigenvalue weighted by Gasteiger charge is 2.45. The van der Waals surface area contributed by atoms with E-state index in [-0.39, 0.29) is 10.8 Å². The number of aryl methyl sites for hydroxylation is 2. The van der Waals surface area contributed by atoms with Crippen molar-refractivity contribution in [3.63, 3.8) is 0 Å². The lowest BCUT2D eigenvalue weighted by atomic mass is 9.94. The molecule has 2 atom stereocenters. The molecule has 0 aromatic heterocycles. The molecule has 1 fully saturated rings. The lowest BCUT2D eigenvalue weighted by Crippen LogP contribution is -2.36. The van der Waals surface area contributed by atoms with Crippen LogP contribution in [0, 0.1) is 13.8 Å². The lowest BCUT2D eigenvalue weighted by Gasteiger charge is -2.46. The molecule has 35 heavy (non-hydrogen) atoms. The first kappa shape index (κ1) is 23.7. The Morgan fingerprint density at radius 3 is 1.69 bits per heavy atom. The van der Waals surface area contributed by atoms with E-state index in [4.69, 9.17) is 0 Å². The average molecular weight is 477 g/mol. The molecule has 176 valence electrons. The van der Waals surface area contributed by atoms with E-state index in [0.29, 0.717) is 18.6 Å². The number of carbonyl (C=O) groups excluding carboxylic acids is 1. The minimum absolute atomic E-state index is 0.110. The molecule has 4 aromatic carbocycles. The standard InChI is InChI=1S/C33H33OP/c1-23-13-8-10-17-27(23)29-19-12-20-30(28-18-11-9-14-24(28)2)32(29)35-31(25-15-6-5-7-16-25)21-26(34)22-33(35,3)4/h5-20,31H,21-22H2,1-4H3. The normalized spacial score (nSPS) is 19.5. The van der Waals surface area contributed by atoms with Crippen LogP contribution in [-0.4, -0.2) is 10.9 Å². The van der Waals surface area contributed by atoms with E-state index in [1.165, 1.54) is 44.2 Å². The van der Waals surface area contributed by atoms with Gasteiger partial charge in [0.1, 0.15) is 5.78 Å². The number of ketones is 1. The Labute approximate surface area is 211 Å². The third-order valence-corrected chi connectivity index (χ3v) is 10.9. The van der Waals surface area contributed by atoms with Gasteiger partial charge in [-0.05, 0) is 63.3 Å². The number of hydrogen-bond acceptors (Lipinski definition) is 1. The van der Waals surface area contributed by atoms with Gasteiger partial charge in [0.15, 0.2) is 0 Å². The van der Waals surface area contributed by atoms with E-state index in [9.17, 15) is 4.79 Å². The molecular formula is C33H33OP. The minimum atomic E-state index is -0.711. The zero-order valence-electron chi connectivity index (χ0n) is 21.1. The smallest absolute Gasteiger partial charge is 0.134 e. The third-order valence-electron chi connectivity index (χ3n) is 7.35. The third kappa shape index (κ3) is 4.51. The number of Topliss-reactive ketones (excluding diaryl/α,β-unsaturated/α-hetero) is 1. The molecule has 0 radical (unpaired) electrons. The summed E-state index contributed by atoms with van der Waals surface area (Å²) in [6.07, 6.45) is 1.26. The Morgan fingerprint density at radius 1 is 0.657 bits per heavy atom. The summed E-state index contributed by atoms with van der Waals surface area (Å²) >= 11 is 0. The number of rotatable bonds is 4. The van der Waals surface area contributed by atoms with E-state index in [0.717, 1.165) is 0 Å². The quantitative estimate of drug-likeness (QED) is 0.269. The maximum atomic E-state index is 13.1. The van der Waals surface area contributed by atoms with E-state index in [1.807, 2.05) is 0 Å². The number of hydrogen-bond donors (Lipinski definition) is 0. The van der Waals surface area contributed by atoms with Gasteiger partial charge < -0.3 is 0 Å². The largest absolute Gasteiger partial charge is 0.300 e. The summed E-state index contributed by atoms with van der Waals surface area (Å²) in [7, 11) is -0.711. The number of carbonyl (C=O) groups is 1. The molecule has 2 unspecified atom stereocenters. The summed E-state index contributed by atoms with van der Waals surface area (Å²) in [6.45, 7) is 9.05. The van der Waals surface area contributed by atoms with Crippen LogP contribution in [0.25, 0.3) is 22.3 Å². The van der Waals surface area contributed by atoms with Crippen molar-refractivity contribution in [1.29, 1.82) is 0 Å². The summed E-state index contributed by atoms with van der Waals surface area (Å²) in [5.41, 5.74) is 9.28. The van der Waals surface area contributed by atoms with Crippen LogP contribution in [0.4, 0.5) is 0 Å². The van der Waals surface area contributed by atoms with Crippen molar-refractivity contribution >= 4 is 19.0 Å². The van der Waals surface area contributed by atoms with Crippen LogP contribution >= 0.6 is 7.92 Å². The second-order valence-electron chi connectivity index (χ2n) is 10.4. The monoisotopic (exact) mass is 476 g/mol. The van der Waals surface area contributed by atoms with Crippen molar-refractivity contribution in [3.05, 3.63) is 114 Å². The Kier molecular flexibility index (Phi) is 6.47. The van der Waals surface area contributed by atoms with Crippen molar-refractivity contribution in [2.45, 2.75) is 51.4 Å². The topological polar surface area (TPSA) is 17.1 Å². The Balaban J connectivity index is 1.85. The zero-order valence-corrected chi connectivity index (χ0v) is 22.0. The van der Waals surface area contributed by atoms with E-state index in [1.54, 1.807) is 0 Å². The van der Waals surface area contributed by atoms with Gasteiger partial charge in [0, 0.05) is 18.5 Å². The van der Waals surface area contributed by atoms with Crippen molar-refractivity contribution in [2.75, 3.05) is 0 Å². The van der Waals surface area contributed by atoms with Gasteiger partial charge in [-0.1, -0.05) is 119 Å². The van der Waals surface area contributed by atoms with Crippen molar-refractivity contribution in [2.24, 2.45) is 0 Å². The van der Waals surface area contributed by atoms with Gasteiger partial charge in [-0.3, -0.25) is 4.79 Å². The molecule has 0 bridgehead atoms. The van der Waals surface area contributed by atoms with Gasteiger partial charge in [0.25, 0.3) is 0 Å². The Morgan fingerprint density at radius 2 is 1.14 bits per heavy atom. The van der Waals surface area contributed by atoms with Gasteiger partial charge in [-0.15, -0.1) is 0 Å². The molecule has 1 nitrogen and oxygen atoms in total. The van der Waals surface area contributed by atoms with Crippen LogP contribution in [0.15, 0.2) is 97.1 Å². The summed E-state index contributed by atoms with van der Waals surface area (Å²) in [4.78, 5) is 13.1. The molecule has 4 aromatic rings. The molecule has 0 aliphatic carbocycles. The van der Waals surface area contributed by atoms with E-state index < -0.39 is 7.92 Å². The molecule has 1 aliphatic rings. The maximum Gasteiger partial charge on any atom is 0.134 e. The minimum Gasteiger partial charge on any atom is -0.300 e. The van der Waals surface area contributed by atoms with Crippen LogP contribution in [0.5, 0.6) is 0 Å². The fourth-order valence-electron chi connectivity index (χ4n) is 5.76. The van der Waals surface area contributed by atoms with Crippen molar-refractivity contribution in [3.8, 4) is 22.3 Å². The lowest BCUT2D eigenvalue weighted by molar-refractivity contribution is -0.119. The highest BCUT2D eigenvalue weighted by atomic mass is 31.1. The van der Waals surface area contributed by atoms with Gasteiger partial charge in [-0.2, -0.15) is 0 Å². The second-order valence-corrected chi connectivity index (χ2v) is 13.4. The highest BCUT2D eigenvalue weighted by molar-refractivity contribution is 7.68. The molecule has 0 amide bonds. The first-order valence-corrected chi connectivity index (χ1v) is 13.9. The molecule has 0 saturated carbocycles. The van der Waals surface area contributed by atoms with E-state index >= 15 is 0 Å². The van der Waals surface area contributed by atoms with Crippen LogP contribution in [0.3, 0.4) is 0 Å². The Hall–Kier alpha value is -3.02. The van der Waals surface area contributed by atoms with Crippen molar-refractivity contribution in [1.82, 2.24) is 0 Å². The van der Waals surface area contributed by atoms with Gasteiger partial charge in [0.05, 0.1) is 0 Å². The zero-order chi connectivity index (χ0) is 24.6. The predicted molar refractivity (Wildman–Crippen MR) is 151 cm³/mol. The van der Waals surface area contributed by atoms with Crippen molar-refractivity contribution < 1.29 is 4.79 Å². The molecule has 0 spiro atoms. The fourth-order valence-corrected chi connectivity index (χ4v) is 9.63. The highest BCUT2D eigenvalue weighted by Crippen LogP contribution is 2.67. The SMILES string of the molecule is Cc1ccccc1-c1cccc(-c2ccccc2C)c1P1C(c2ccccc2)CC(=O)CC1(C)C. The van der Waals surface area contributed by atoms with Gasteiger partial charge in [-0.25, -0.2) is 0 Å². The van der Waals surface area contributed by atoms with Gasteiger partial charge in [0.2, 0.25) is 0 Å². The molecular weight excluding hydrogens is 443 g/mol. The van der Waals surface area contributed by atoms with Gasteiger partial charge >= 0.3 is 0 Å².